The van der Waals surface area contributed by atoms with Gasteiger partial charge in [-0.1, -0.05) is 19.3 Å². The average Bonchev–Trinajstić information content (AvgIpc) is 2.17. The molecule has 0 radical (unpaired) electrons. The third kappa shape index (κ3) is 15.3. The zero-order valence-electron chi connectivity index (χ0n) is 12.1. The Balaban J connectivity index is 3.39. The lowest BCUT2D eigenvalue weighted by Gasteiger charge is -2.19. The molecule has 3 N–H and O–H groups in total. The van der Waals surface area contributed by atoms with Crippen molar-refractivity contribution in [2.24, 2.45) is 5.14 Å². The molecule has 7 heteroatoms. The maximum atomic E-state index is 11.4. The highest BCUT2D eigenvalue weighted by Gasteiger charge is 2.15. The van der Waals surface area contributed by atoms with E-state index in [4.69, 9.17) is 9.88 Å². The van der Waals surface area contributed by atoms with Gasteiger partial charge < -0.3 is 4.74 Å². The molecule has 19 heavy (non-hydrogen) atoms. The lowest BCUT2D eigenvalue weighted by molar-refractivity contribution is -0.154. The van der Waals surface area contributed by atoms with Crippen molar-refractivity contribution in [1.29, 1.82) is 0 Å². The Morgan fingerprint density at radius 2 is 1.63 bits per heavy atom. The summed E-state index contributed by atoms with van der Waals surface area (Å²) in [4.78, 5) is 11.4. The number of rotatable bonds is 9. The van der Waals surface area contributed by atoms with Crippen molar-refractivity contribution in [3.63, 3.8) is 0 Å². The monoisotopic (exact) mass is 294 g/mol. The maximum Gasteiger partial charge on any atom is 0.306 e. The van der Waals surface area contributed by atoms with Crippen LogP contribution in [0, 0.1) is 0 Å². The fraction of sp³-hybridized carbons (Fsp3) is 0.917. The summed E-state index contributed by atoms with van der Waals surface area (Å²) in [7, 11) is -3.56. The molecule has 0 spiro atoms. The van der Waals surface area contributed by atoms with Crippen molar-refractivity contribution in [3.8, 4) is 0 Å². The zero-order valence-corrected chi connectivity index (χ0v) is 12.9. The van der Waals surface area contributed by atoms with Crippen LogP contribution < -0.4 is 9.86 Å². The summed E-state index contributed by atoms with van der Waals surface area (Å²) in [6, 6.07) is 0. The van der Waals surface area contributed by atoms with Gasteiger partial charge in [0.1, 0.15) is 5.60 Å². The molecule has 0 amide bonds. The Hall–Kier alpha value is -0.660. The van der Waals surface area contributed by atoms with E-state index in [0.29, 0.717) is 13.0 Å². The van der Waals surface area contributed by atoms with E-state index < -0.39 is 15.8 Å². The van der Waals surface area contributed by atoms with E-state index in [-0.39, 0.29) is 5.97 Å². The van der Waals surface area contributed by atoms with Crippen LogP contribution in [0.1, 0.15) is 59.3 Å². The maximum absolute atomic E-state index is 11.4. The first-order valence-corrected chi connectivity index (χ1v) is 8.14. The van der Waals surface area contributed by atoms with Gasteiger partial charge in [-0.15, -0.1) is 0 Å². The molecule has 0 aliphatic rings. The fourth-order valence-electron chi connectivity index (χ4n) is 1.53. The lowest BCUT2D eigenvalue weighted by Crippen LogP contribution is -2.31. The van der Waals surface area contributed by atoms with E-state index in [9.17, 15) is 13.2 Å². The summed E-state index contributed by atoms with van der Waals surface area (Å²) in [6.07, 6.45) is 4.81. The Labute approximate surface area is 116 Å². The quantitative estimate of drug-likeness (QED) is 0.497. The number of nitrogens with one attached hydrogen (secondary N) is 1. The standard InChI is InChI=1S/C12H26N2O4S/c1-12(2,3)18-11(15)9-7-5-4-6-8-10-14-19(13,16)17/h14H,4-10H2,1-3H3,(H2,13,16,17). The van der Waals surface area contributed by atoms with Crippen LogP contribution >= 0.6 is 0 Å². The number of nitrogens with two attached hydrogens (primary N) is 1. The van der Waals surface area contributed by atoms with Crippen molar-refractivity contribution in [1.82, 2.24) is 4.72 Å². The number of ether oxygens (including phenoxy) is 1. The van der Waals surface area contributed by atoms with Gasteiger partial charge in [0.15, 0.2) is 0 Å². The Morgan fingerprint density at radius 3 is 2.16 bits per heavy atom. The molecule has 0 fully saturated rings. The number of unbranched alkanes of at least 4 members (excludes halogenated alkanes) is 4. The summed E-state index contributed by atoms with van der Waals surface area (Å²) in [5.74, 6) is -0.164. The van der Waals surface area contributed by atoms with E-state index >= 15 is 0 Å². The third-order valence-corrected chi connectivity index (χ3v) is 2.89. The van der Waals surface area contributed by atoms with Gasteiger partial charge in [-0.2, -0.15) is 8.42 Å². The number of esters is 1. The molecule has 0 aliphatic heterocycles. The minimum absolute atomic E-state index is 0.164. The van der Waals surface area contributed by atoms with Crippen LogP contribution in [0.2, 0.25) is 0 Å². The van der Waals surface area contributed by atoms with E-state index in [1.54, 1.807) is 0 Å². The summed E-state index contributed by atoms with van der Waals surface area (Å²) >= 11 is 0. The number of hydrogen-bond acceptors (Lipinski definition) is 4. The van der Waals surface area contributed by atoms with Crippen LogP contribution in [0.3, 0.4) is 0 Å². The largest absolute Gasteiger partial charge is 0.460 e. The first kappa shape index (κ1) is 18.3. The van der Waals surface area contributed by atoms with E-state index in [2.05, 4.69) is 4.72 Å². The smallest absolute Gasteiger partial charge is 0.306 e. The molecular weight excluding hydrogens is 268 g/mol. The molecule has 0 aromatic heterocycles. The predicted molar refractivity (Wildman–Crippen MR) is 74.7 cm³/mol. The minimum Gasteiger partial charge on any atom is -0.460 e. The van der Waals surface area contributed by atoms with Gasteiger partial charge in [-0.25, -0.2) is 9.86 Å². The first-order chi connectivity index (χ1) is 8.60. The first-order valence-electron chi connectivity index (χ1n) is 6.59. The minimum atomic E-state index is -3.56. The number of carbonyl (C=O) groups excluding carboxylic acids is 1. The van der Waals surface area contributed by atoms with Gasteiger partial charge in [0.05, 0.1) is 0 Å². The molecule has 0 aliphatic carbocycles. The topological polar surface area (TPSA) is 98.5 Å². The van der Waals surface area contributed by atoms with Gasteiger partial charge in [0.2, 0.25) is 0 Å². The van der Waals surface area contributed by atoms with Crippen LogP contribution in [0.5, 0.6) is 0 Å². The third-order valence-electron chi connectivity index (χ3n) is 2.28. The second-order valence-electron chi connectivity index (χ2n) is 5.54. The van der Waals surface area contributed by atoms with Gasteiger partial charge >= 0.3 is 5.97 Å². The second kappa shape index (κ2) is 8.50. The average molecular weight is 294 g/mol. The number of hydrogen-bond donors (Lipinski definition) is 2. The van der Waals surface area contributed by atoms with Crippen molar-refractivity contribution in [2.75, 3.05) is 6.54 Å². The van der Waals surface area contributed by atoms with E-state index in [1.807, 2.05) is 20.8 Å². The molecule has 0 aromatic carbocycles. The molecule has 0 atom stereocenters. The number of carbonyl (C=O) groups is 1. The lowest BCUT2D eigenvalue weighted by atomic mass is 10.1. The summed E-state index contributed by atoms with van der Waals surface area (Å²) in [5, 5.41) is 4.79. The van der Waals surface area contributed by atoms with Crippen LogP contribution in [-0.4, -0.2) is 26.5 Å². The summed E-state index contributed by atoms with van der Waals surface area (Å²) < 4.78 is 28.6. The Morgan fingerprint density at radius 1 is 1.11 bits per heavy atom. The normalized spacial score (nSPS) is 12.4. The van der Waals surface area contributed by atoms with Gasteiger partial charge in [-0.3, -0.25) is 4.79 Å². The Bertz CT molecular complexity index is 360. The fourth-order valence-corrected chi connectivity index (χ4v) is 1.96. The molecule has 0 heterocycles. The van der Waals surface area contributed by atoms with E-state index in [1.165, 1.54) is 0 Å². The molecular formula is C12H26N2O4S. The highest BCUT2D eigenvalue weighted by atomic mass is 32.2. The Kier molecular flexibility index (Phi) is 8.20. The molecule has 0 bridgehead atoms. The van der Waals surface area contributed by atoms with Crippen molar-refractivity contribution in [3.05, 3.63) is 0 Å². The second-order valence-corrected chi connectivity index (χ2v) is 6.92. The molecule has 6 nitrogen and oxygen atoms in total. The zero-order chi connectivity index (χ0) is 14.9. The van der Waals surface area contributed by atoms with Crippen LogP contribution in [0.4, 0.5) is 0 Å². The van der Waals surface area contributed by atoms with Gasteiger partial charge in [-0.05, 0) is 33.6 Å². The highest BCUT2D eigenvalue weighted by molar-refractivity contribution is 7.87. The van der Waals surface area contributed by atoms with Crippen LogP contribution in [0.15, 0.2) is 0 Å². The SMILES string of the molecule is CC(C)(C)OC(=O)CCCCCCCNS(N)(=O)=O. The van der Waals surface area contributed by atoms with Crippen molar-refractivity contribution < 1.29 is 17.9 Å². The molecule has 0 saturated heterocycles. The van der Waals surface area contributed by atoms with Crippen molar-refractivity contribution in [2.45, 2.75) is 64.9 Å². The molecule has 0 saturated carbocycles. The molecule has 0 unspecified atom stereocenters. The van der Waals surface area contributed by atoms with E-state index in [0.717, 1.165) is 32.1 Å². The molecule has 0 aromatic rings. The molecule has 0 rings (SSSR count). The predicted octanol–water partition coefficient (Wildman–Crippen LogP) is 1.46. The van der Waals surface area contributed by atoms with Crippen LogP contribution in [-0.2, 0) is 19.7 Å². The van der Waals surface area contributed by atoms with Crippen molar-refractivity contribution >= 4 is 16.2 Å². The van der Waals surface area contributed by atoms with Crippen LogP contribution in [0.25, 0.3) is 0 Å². The summed E-state index contributed by atoms with van der Waals surface area (Å²) in [5.41, 5.74) is -0.420. The van der Waals surface area contributed by atoms with Gasteiger partial charge in [0.25, 0.3) is 10.2 Å². The summed E-state index contributed by atoms with van der Waals surface area (Å²) in [6.45, 7) is 5.92. The van der Waals surface area contributed by atoms with Gasteiger partial charge in [0, 0.05) is 13.0 Å². The highest BCUT2D eigenvalue weighted by Crippen LogP contribution is 2.11. The molecule has 114 valence electrons.